The van der Waals surface area contributed by atoms with Gasteiger partial charge in [0.15, 0.2) is 11.4 Å². The van der Waals surface area contributed by atoms with Crippen LogP contribution in [0.1, 0.15) is 105 Å². The van der Waals surface area contributed by atoms with E-state index < -0.39 is 11.0 Å². The first kappa shape index (κ1) is 40.1. The second-order valence-electron chi connectivity index (χ2n) is 16.0. The SMILES string of the molecule is CS(=O)N1CCc2[nH]nc(C(=O)N3CCC(c4cc(F)ccc4Cl)CC3)c2C1.O=C(c1n[nH]c2c1CCN(CC1CC1)C2)N1CCC(c2cccc(F)c2Cl)CC1. The normalized spacial score (nSPS) is 20.1. The highest BCUT2D eigenvalue weighted by atomic mass is 35.5. The van der Waals surface area contributed by atoms with Gasteiger partial charge in [0.2, 0.25) is 0 Å². The summed E-state index contributed by atoms with van der Waals surface area (Å²) in [7, 11) is -1.08. The molecular formula is C41H48Cl2F2N8O3S. The van der Waals surface area contributed by atoms with Gasteiger partial charge in [-0.1, -0.05) is 35.3 Å². The molecule has 6 heterocycles. The van der Waals surface area contributed by atoms with Crippen LogP contribution in [0, 0.1) is 17.6 Å². The molecule has 3 fully saturated rings. The predicted molar refractivity (Wildman–Crippen MR) is 216 cm³/mol. The van der Waals surface area contributed by atoms with Gasteiger partial charge in [-0.3, -0.25) is 24.7 Å². The van der Waals surface area contributed by atoms with E-state index in [9.17, 15) is 22.6 Å². The summed E-state index contributed by atoms with van der Waals surface area (Å²) in [5.41, 5.74) is 6.67. The number of aromatic nitrogens is 4. The number of rotatable bonds is 7. The fourth-order valence-corrected chi connectivity index (χ4v) is 10.0. The Morgan fingerprint density at radius 2 is 1.40 bits per heavy atom. The third-order valence-electron chi connectivity index (χ3n) is 12.3. The van der Waals surface area contributed by atoms with Crippen LogP contribution in [0.4, 0.5) is 8.78 Å². The molecule has 2 aromatic heterocycles. The number of H-pyrrole nitrogens is 2. The van der Waals surface area contributed by atoms with Gasteiger partial charge in [0.25, 0.3) is 11.8 Å². The van der Waals surface area contributed by atoms with Crippen molar-refractivity contribution in [3.63, 3.8) is 0 Å². The van der Waals surface area contributed by atoms with Crippen LogP contribution in [0.3, 0.4) is 0 Å². The van der Waals surface area contributed by atoms with Gasteiger partial charge in [-0.2, -0.15) is 10.2 Å². The van der Waals surface area contributed by atoms with Crippen LogP contribution >= 0.6 is 23.2 Å². The maximum Gasteiger partial charge on any atom is 0.274 e. The van der Waals surface area contributed by atoms with Crippen molar-refractivity contribution in [1.82, 2.24) is 39.4 Å². The van der Waals surface area contributed by atoms with Gasteiger partial charge in [-0.25, -0.2) is 17.3 Å². The van der Waals surface area contributed by atoms with Gasteiger partial charge in [0, 0.05) is 93.4 Å². The molecule has 4 aliphatic heterocycles. The molecule has 2 saturated heterocycles. The molecule has 4 aromatic rings. The molecule has 16 heteroatoms. The lowest BCUT2D eigenvalue weighted by molar-refractivity contribution is 0.0698. The molecule has 2 N–H and O–H groups in total. The number of halogens is 4. The van der Waals surface area contributed by atoms with Gasteiger partial charge >= 0.3 is 0 Å². The van der Waals surface area contributed by atoms with Crippen molar-refractivity contribution < 1.29 is 22.6 Å². The smallest absolute Gasteiger partial charge is 0.274 e. The lowest BCUT2D eigenvalue weighted by Crippen LogP contribution is -2.39. The molecular weight excluding hydrogens is 793 g/mol. The summed E-state index contributed by atoms with van der Waals surface area (Å²) in [4.78, 5) is 32.3. The lowest BCUT2D eigenvalue weighted by Gasteiger charge is -2.32. The minimum absolute atomic E-state index is 0.0157. The quantitative estimate of drug-likeness (QED) is 0.210. The highest BCUT2D eigenvalue weighted by molar-refractivity contribution is 7.81. The number of piperidine rings is 2. The minimum atomic E-state index is -1.08. The molecule has 0 bridgehead atoms. The molecule has 1 unspecified atom stereocenters. The molecule has 1 atom stereocenters. The summed E-state index contributed by atoms with van der Waals surface area (Å²) in [6.45, 7) is 6.62. The van der Waals surface area contributed by atoms with E-state index in [1.54, 1.807) is 23.3 Å². The molecule has 1 aliphatic carbocycles. The first-order valence-electron chi connectivity index (χ1n) is 19.9. The van der Waals surface area contributed by atoms with Gasteiger partial charge in [0.05, 0.1) is 21.7 Å². The molecule has 2 amide bonds. The number of nitrogens with one attached hydrogen (secondary N) is 2. The second-order valence-corrected chi connectivity index (χ2v) is 18.1. The maximum atomic E-state index is 13.8. The Labute approximate surface area is 344 Å². The van der Waals surface area contributed by atoms with Crippen molar-refractivity contribution >= 4 is 46.0 Å². The van der Waals surface area contributed by atoms with Crippen molar-refractivity contribution in [2.75, 3.05) is 52.1 Å². The average molecular weight is 842 g/mol. The molecule has 9 rings (SSSR count). The number of aromatic amines is 2. The molecule has 1 saturated carbocycles. The fraction of sp³-hybridized carbons (Fsp3) is 0.512. The highest BCUT2D eigenvalue weighted by Crippen LogP contribution is 2.37. The molecule has 11 nitrogen and oxygen atoms in total. The van der Waals surface area contributed by atoms with E-state index in [-0.39, 0.29) is 40.3 Å². The van der Waals surface area contributed by atoms with E-state index in [1.165, 1.54) is 31.0 Å². The summed E-state index contributed by atoms with van der Waals surface area (Å²) < 4.78 is 41.0. The number of carbonyl (C=O) groups excluding carboxylic acids is 2. The maximum absolute atomic E-state index is 13.8. The summed E-state index contributed by atoms with van der Waals surface area (Å²) in [6.07, 6.45) is 8.98. The monoisotopic (exact) mass is 840 g/mol. The lowest BCUT2D eigenvalue weighted by atomic mass is 9.89. The van der Waals surface area contributed by atoms with Gasteiger partial charge in [-0.05, 0) is 98.1 Å². The van der Waals surface area contributed by atoms with E-state index in [0.717, 1.165) is 91.3 Å². The summed E-state index contributed by atoms with van der Waals surface area (Å²) in [5.74, 6) is 0.436. The number of hydrogen-bond donors (Lipinski definition) is 2. The number of likely N-dealkylation sites (tertiary alicyclic amines) is 2. The minimum Gasteiger partial charge on any atom is -0.337 e. The standard InChI is InChI=1S/C22H26ClFN4O.C19H22ClFN4O2S/c23-20-16(2-1-3-18(20)24)15-6-10-28(11-7-15)22(29)21-17-8-9-27(12-14-4-5-14)13-19(17)25-26-21;1-28(27)25-9-6-17-15(11-25)18(23-22-17)19(26)24-7-4-12(5-8-24)14-10-13(21)2-3-16(14)20/h1-3,14-15H,4-13H2,(H,25,26);2-3,10,12H,4-9,11H2,1H3,(H,22,23). The molecule has 2 aromatic carbocycles. The fourth-order valence-electron chi connectivity index (χ4n) is 8.79. The number of hydrogen-bond acceptors (Lipinski definition) is 6. The zero-order valence-corrected chi connectivity index (χ0v) is 34.4. The van der Waals surface area contributed by atoms with Crippen LogP contribution in [0.5, 0.6) is 0 Å². The Morgan fingerprint density at radius 1 is 0.772 bits per heavy atom. The molecule has 0 radical (unpaired) electrons. The Hall–Kier alpha value is -3.69. The molecule has 0 spiro atoms. The first-order valence-corrected chi connectivity index (χ1v) is 22.2. The van der Waals surface area contributed by atoms with E-state index in [1.807, 2.05) is 15.3 Å². The third-order valence-corrected chi connectivity index (χ3v) is 14.1. The zero-order chi connectivity index (χ0) is 39.8. The van der Waals surface area contributed by atoms with Crippen molar-refractivity contribution in [3.05, 3.63) is 103 Å². The number of carbonyl (C=O) groups is 2. The molecule has 5 aliphatic rings. The van der Waals surface area contributed by atoms with Crippen molar-refractivity contribution in [2.24, 2.45) is 5.92 Å². The number of benzene rings is 2. The zero-order valence-electron chi connectivity index (χ0n) is 32.0. The topological polar surface area (TPSA) is 122 Å². The van der Waals surface area contributed by atoms with Crippen molar-refractivity contribution in [1.29, 1.82) is 0 Å². The second kappa shape index (κ2) is 17.3. The van der Waals surface area contributed by atoms with E-state index in [2.05, 4.69) is 25.3 Å². The van der Waals surface area contributed by atoms with E-state index in [0.29, 0.717) is 62.1 Å². The largest absolute Gasteiger partial charge is 0.337 e. The van der Waals surface area contributed by atoms with Crippen LogP contribution in [0.2, 0.25) is 10.0 Å². The van der Waals surface area contributed by atoms with E-state index in [4.69, 9.17) is 23.2 Å². The highest BCUT2D eigenvalue weighted by Gasteiger charge is 2.34. The van der Waals surface area contributed by atoms with Crippen LogP contribution in [0.25, 0.3) is 0 Å². The summed E-state index contributed by atoms with van der Waals surface area (Å²) in [6, 6.07) is 9.42. The molecule has 304 valence electrons. The van der Waals surface area contributed by atoms with Gasteiger partial charge in [-0.15, -0.1) is 0 Å². The average Bonchev–Trinajstić information content (AvgIpc) is 3.78. The summed E-state index contributed by atoms with van der Waals surface area (Å²) in [5, 5.41) is 15.5. The van der Waals surface area contributed by atoms with Gasteiger partial charge in [0.1, 0.15) is 11.6 Å². The number of fused-ring (bicyclic) bond motifs is 2. The number of amides is 2. The van der Waals surface area contributed by atoms with Crippen LogP contribution in [-0.2, 0) is 36.9 Å². The van der Waals surface area contributed by atoms with Crippen LogP contribution in [0.15, 0.2) is 36.4 Å². The Kier molecular flexibility index (Phi) is 12.1. The summed E-state index contributed by atoms with van der Waals surface area (Å²) >= 11 is 12.4. The van der Waals surface area contributed by atoms with E-state index >= 15 is 0 Å². The Morgan fingerprint density at radius 3 is 2.05 bits per heavy atom. The van der Waals surface area contributed by atoms with Crippen molar-refractivity contribution in [3.8, 4) is 0 Å². The Bertz CT molecular complexity index is 2150. The van der Waals surface area contributed by atoms with Crippen LogP contribution < -0.4 is 0 Å². The predicted octanol–water partition coefficient (Wildman–Crippen LogP) is 6.86. The van der Waals surface area contributed by atoms with Gasteiger partial charge < -0.3 is 9.80 Å². The molecule has 57 heavy (non-hydrogen) atoms. The van der Waals surface area contributed by atoms with Crippen LogP contribution in [-0.4, -0.2) is 107 Å². The third kappa shape index (κ3) is 8.85. The number of nitrogens with zero attached hydrogens (tertiary/aromatic N) is 6. The first-order chi connectivity index (χ1) is 27.5. The Balaban J connectivity index is 0.000000160. The van der Waals surface area contributed by atoms with Crippen molar-refractivity contribution in [2.45, 2.75) is 76.3 Å².